The Bertz CT molecular complexity index is 367. The molecule has 88 valence electrons. The molecule has 1 aromatic rings. The van der Waals surface area contributed by atoms with Gasteiger partial charge in [0, 0.05) is 11.9 Å². The Hall–Kier alpha value is -0.780. The number of thioether (sulfide) groups is 1. The van der Waals surface area contributed by atoms with Crippen LogP contribution in [0.2, 0.25) is 5.02 Å². The van der Waals surface area contributed by atoms with Crippen LogP contribution in [0.4, 0.5) is 0 Å². The zero-order valence-corrected chi connectivity index (χ0v) is 10.5. The van der Waals surface area contributed by atoms with E-state index in [1.54, 1.807) is 12.1 Å². The summed E-state index contributed by atoms with van der Waals surface area (Å²) in [5, 5.41) is 11.0. The van der Waals surface area contributed by atoms with Crippen molar-refractivity contribution in [1.29, 1.82) is 0 Å². The van der Waals surface area contributed by atoms with Crippen molar-refractivity contribution in [2.45, 2.75) is 17.6 Å². The van der Waals surface area contributed by atoms with E-state index < -0.39 is 11.6 Å². The summed E-state index contributed by atoms with van der Waals surface area (Å²) in [6.07, 6.45) is 1.51. The van der Waals surface area contributed by atoms with Crippen molar-refractivity contribution in [2.24, 2.45) is 0 Å². The summed E-state index contributed by atoms with van der Waals surface area (Å²) in [5.41, 5.74) is -1.51. The third kappa shape index (κ3) is 3.66. The van der Waals surface area contributed by atoms with Crippen molar-refractivity contribution in [3.05, 3.63) is 23.4 Å². The number of ether oxygens (including phenoxy) is 1. The lowest BCUT2D eigenvalue weighted by atomic mass is 10.1. The molecule has 1 aromatic heterocycles. The molecule has 16 heavy (non-hydrogen) atoms. The Morgan fingerprint density at radius 3 is 2.88 bits per heavy atom. The Morgan fingerprint density at radius 2 is 2.38 bits per heavy atom. The minimum Gasteiger partial charge on any atom is -0.467 e. The molecular formula is C10H12ClNO3S. The molecular weight excluding hydrogens is 250 g/mol. The third-order valence-corrected chi connectivity index (χ3v) is 3.29. The molecule has 0 saturated heterocycles. The van der Waals surface area contributed by atoms with E-state index in [1.807, 2.05) is 0 Å². The van der Waals surface area contributed by atoms with Gasteiger partial charge in [-0.2, -0.15) is 0 Å². The molecule has 0 saturated carbocycles. The molecule has 0 radical (unpaired) electrons. The summed E-state index contributed by atoms with van der Waals surface area (Å²) in [6.45, 7) is 1.40. The molecule has 0 aliphatic heterocycles. The summed E-state index contributed by atoms with van der Waals surface area (Å²) in [7, 11) is 1.24. The fourth-order valence-electron chi connectivity index (χ4n) is 0.941. The number of pyridine rings is 1. The van der Waals surface area contributed by atoms with Gasteiger partial charge in [-0.3, -0.25) is 0 Å². The van der Waals surface area contributed by atoms with Crippen molar-refractivity contribution >= 4 is 29.3 Å². The van der Waals surface area contributed by atoms with Gasteiger partial charge in [0.1, 0.15) is 0 Å². The quantitative estimate of drug-likeness (QED) is 0.661. The van der Waals surface area contributed by atoms with Crippen molar-refractivity contribution in [3.8, 4) is 0 Å². The number of nitrogens with zero attached hydrogens (tertiary/aromatic N) is 1. The zero-order chi connectivity index (χ0) is 12.2. The van der Waals surface area contributed by atoms with E-state index in [4.69, 9.17) is 11.6 Å². The number of rotatable bonds is 4. The van der Waals surface area contributed by atoms with Crippen LogP contribution in [-0.2, 0) is 9.53 Å². The lowest BCUT2D eigenvalue weighted by Gasteiger charge is -2.18. The molecule has 0 spiro atoms. The van der Waals surface area contributed by atoms with Crippen LogP contribution in [0.5, 0.6) is 0 Å². The number of methoxy groups -OCH3 is 1. The molecule has 1 N–H and O–H groups in total. The van der Waals surface area contributed by atoms with E-state index in [0.717, 1.165) is 0 Å². The first-order valence-electron chi connectivity index (χ1n) is 4.51. The van der Waals surface area contributed by atoms with E-state index in [0.29, 0.717) is 10.0 Å². The normalized spacial score (nSPS) is 14.2. The van der Waals surface area contributed by atoms with Gasteiger partial charge in [-0.25, -0.2) is 9.78 Å². The summed E-state index contributed by atoms with van der Waals surface area (Å²) in [4.78, 5) is 15.2. The molecule has 0 aromatic carbocycles. The molecule has 1 heterocycles. The van der Waals surface area contributed by atoms with E-state index in [9.17, 15) is 9.90 Å². The Labute approximate surface area is 103 Å². The van der Waals surface area contributed by atoms with Crippen LogP contribution in [0.1, 0.15) is 6.92 Å². The Morgan fingerprint density at radius 1 is 1.69 bits per heavy atom. The second-order valence-electron chi connectivity index (χ2n) is 3.37. The lowest BCUT2D eigenvalue weighted by molar-refractivity contribution is -0.158. The molecule has 0 aliphatic rings. The number of carbonyl (C=O) groups is 1. The SMILES string of the molecule is COC(=O)C(C)(O)CSc1ccc(Cl)cn1. The van der Waals surface area contributed by atoms with Crippen LogP contribution in [0.15, 0.2) is 23.4 Å². The summed E-state index contributed by atoms with van der Waals surface area (Å²) in [5.74, 6) is -0.483. The first-order valence-corrected chi connectivity index (χ1v) is 5.87. The zero-order valence-electron chi connectivity index (χ0n) is 8.94. The van der Waals surface area contributed by atoms with Gasteiger partial charge >= 0.3 is 5.97 Å². The molecule has 1 atom stereocenters. The van der Waals surface area contributed by atoms with Gasteiger partial charge in [-0.15, -0.1) is 11.8 Å². The van der Waals surface area contributed by atoms with Gasteiger partial charge in [0.25, 0.3) is 0 Å². The van der Waals surface area contributed by atoms with Crippen LogP contribution in [0.3, 0.4) is 0 Å². The van der Waals surface area contributed by atoms with Gasteiger partial charge in [0.05, 0.1) is 17.2 Å². The van der Waals surface area contributed by atoms with Crippen molar-refractivity contribution in [1.82, 2.24) is 4.98 Å². The minimum absolute atomic E-state index is 0.175. The molecule has 0 fully saturated rings. The largest absolute Gasteiger partial charge is 0.467 e. The first-order chi connectivity index (χ1) is 7.45. The van der Waals surface area contributed by atoms with Gasteiger partial charge in [0.15, 0.2) is 5.60 Å². The molecule has 1 rings (SSSR count). The maximum absolute atomic E-state index is 11.2. The van der Waals surface area contributed by atoms with E-state index in [-0.39, 0.29) is 5.75 Å². The van der Waals surface area contributed by atoms with E-state index >= 15 is 0 Å². The molecule has 0 aliphatic carbocycles. The number of esters is 1. The van der Waals surface area contributed by atoms with Crippen LogP contribution in [0, 0.1) is 0 Å². The number of aliphatic hydroxyl groups is 1. The first kappa shape index (κ1) is 13.3. The predicted molar refractivity (Wildman–Crippen MR) is 62.6 cm³/mol. The second-order valence-corrected chi connectivity index (χ2v) is 4.80. The van der Waals surface area contributed by atoms with Crippen LogP contribution in [0.25, 0.3) is 0 Å². The van der Waals surface area contributed by atoms with Crippen LogP contribution in [-0.4, -0.2) is 34.5 Å². The predicted octanol–water partition coefficient (Wildman–Crippen LogP) is 1.75. The third-order valence-electron chi connectivity index (χ3n) is 1.83. The average Bonchev–Trinajstić information content (AvgIpc) is 2.27. The van der Waals surface area contributed by atoms with Gasteiger partial charge in [-0.1, -0.05) is 11.6 Å². The van der Waals surface area contributed by atoms with Crippen LogP contribution < -0.4 is 0 Å². The fraction of sp³-hybridized carbons (Fsp3) is 0.400. The van der Waals surface area contributed by atoms with Gasteiger partial charge < -0.3 is 9.84 Å². The maximum Gasteiger partial charge on any atom is 0.338 e. The van der Waals surface area contributed by atoms with Crippen molar-refractivity contribution in [3.63, 3.8) is 0 Å². The number of hydrogen-bond acceptors (Lipinski definition) is 5. The Kier molecular flexibility index (Phi) is 4.58. The minimum atomic E-state index is -1.51. The average molecular weight is 262 g/mol. The fourth-order valence-corrected chi connectivity index (χ4v) is 1.89. The lowest BCUT2D eigenvalue weighted by Crippen LogP contribution is -2.38. The van der Waals surface area contributed by atoms with Crippen LogP contribution >= 0.6 is 23.4 Å². The number of halogens is 1. The highest BCUT2D eigenvalue weighted by atomic mass is 35.5. The molecule has 0 bridgehead atoms. The Balaban J connectivity index is 2.57. The molecule has 0 amide bonds. The highest BCUT2D eigenvalue weighted by molar-refractivity contribution is 7.99. The topological polar surface area (TPSA) is 59.4 Å². The maximum atomic E-state index is 11.2. The highest BCUT2D eigenvalue weighted by Gasteiger charge is 2.31. The van der Waals surface area contributed by atoms with Gasteiger partial charge in [-0.05, 0) is 19.1 Å². The van der Waals surface area contributed by atoms with Gasteiger partial charge in [0.2, 0.25) is 0 Å². The standard InChI is InChI=1S/C10H12ClNO3S/c1-10(14,9(13)15-2)6-16-8-4-3-7(11)5-12-8/h3-5,14H,6H2,1-2H3. The molecule has 1 unspecified atom stereocenters. The van der Waals surface area contributed by atoms with E-state index in [1.165, 1.54) is 32.0 Å². The number of hydrogen-bond donors (Lipinski definition) is 1. The monoisotopic (exact) mass is 261 g/mol. The smallest absolute Gasteiger partial charge is 0.338 e. The number of carbonyl (C=O) groups excluding carboxylic acids is 1. The van der Waals surface area contributed by atoms with Crippen molar-refractivity contribution in [2.75, 3.05) is 12.9 Å². The van der Waals surface area contributed by atoms with E-state index in [2.05, 4.69) is 9.72 Å². The highest BCUT2D eigenvalue weighted by Crippen LogP contribution is 2.22. The summed E-state index contributed by atoms with van der Waals surface area (Å²) in [6, 6.07) is 3.42. The molecule has 6 heteroatoms. The second kappa shape index (κ2) is 5.52. The summed E-state index contributed by atoms with van der Waals surface area (Å²) >= 11 is 6.94. The summed E-state index contributed by atoms with van der Waals surface area (Å²) < 4.78 is 4.48. The number of aromatic nitrogens is 1. The van der Waals surface area contributed by atoms with Crippen molar-refractivity contribution < 1.29 is 14.6 Å². The molecule has 4 nitrogen and oxygen atoms in total.